The van der Waals surface area contributed by atoms with Crippen LogP contribution in [0.2, 0.25) is 0 Å². The van der Waals surface area contributed by atoms with Gasteiger partial charge in [0, 0.05) is 6.42 Å². The average molecular weight is 308 g/mol. The van der Waals surface area contributed by atoms with E-state index in [1.54, 1.807) is 0 Å². The van der Waals surface area contributed by atoms with Gasteiger partial charge < -0.3 is 31.9 Å². The molecule has 0 aliphatic heterocycles. The van der Waals surface area contributed by atoms with Crippen LogP contribution in [0.5, 0.6) is 0 Å². The Morgan fingerprint density at radius 1 is 0.952 bits per heavy atom. The number of rotatable bonds is 7. The summed E-state index contributed by atoms with van der Waals surface area (Å²) in [6.45, 7) is 2.54. The molecule has 0 rings (SSSR count). The van der Waals surface area contributed by atoms with E-state index in [0.29, 0.717) is 0 Å². The quantitative estimate of drug-likeness (QED) is 0.330. The summed E-state index contributed by atoms with van der Waals surface area (Å²) in [5.74, 6) is -4.72. The minimum atomic E-state index is -1.42. The molecular weight excluding hydrogens is 288 g/mol. The fourth-order valence-electron chi connectivity index (χ4n) is 0.844. The van der Waals surface area contributed by atoms with Crippen molar-refractivity contribution in [3.05, 3.63) is 0 Å². The Balaban J connectivity index is 0. The summed E-state index contributed by atoms with van der Waals surface area (Å²) in [6, 6.07) is -2.43. The first-order valence-electron chi connectivity index (χ1n) is 5.76. The van der Waals surface area contributed by atoms with Crippen molar-refractivity contribution in [3.8, 4) is 0 Å². The van der Waals surface area contributed by atoms with Crippen molar-refractivity contribution in [2.24, 2.45) is 16.9 Å². The van der Waals surface area contributed by atoms with E-state index in [1.165, 1.54) is 13.8 Å². The molecule has 8 N–H and O–H groups in total. The first-order valence-corrected chi connectivity index (χ1v) is 5.76. The van der Waals surface area contributed by atoms with Crippen LogP contribution in [-0.2, 0) is 19.2 Å². The van der Waals surface area contributed by atoms with E-state index < -0.39 is 41.4 Å². The summed E-state index contributed by atoms with van der Waals surface area (Å²) in [5.41, 5.74) is 8.69. The SMILES string of the molecule is CC(C)(C(=O)O)[C@H](N)C(=O)O.N[C@@H](CCC(=O)O)C(=O)O. The van der Waals surface area contributed by atoms with Crippen LogP contribution in [0.1, 0.15) is 26.7 Å². The second-order valence-electron chi connectivity index (χ2n) is 4.72. The van der Waals surface area contributed by atoms with E-state index in [-0.39, 0.29) is 12.8 Å². The van der Waals surface area contributed by atoms with E-state index in [4.69, 9.17) is 31.9 Å². The number of hydrogen-bond acceptors (Lipinski definition) is 6. The van der Waals surface area contributed by atoms with Gasteiger partial charge in [-0.15, -0.1) is 0 Å². The van der Waals surface area contributed by atoms with Gasteiger partial charge >= 0.3 is 23.9 Å². The van der Waals surface area contributed by atoms with Crippen LogP contribution in [0.15, 0.2) is 0 Å². The van der Waals surface area contributed by atoms with Crippen molar-refractivity contribution in [2.75, 3.05) is 0 Å². The van der Waals surface area contributed by atoms with Gasteiger partial charge in [-0.1, -0.05) is 0 Å². The summed E-state index contributed by atoms with van der Waals surface area (Å²) >= 11 is 0. The highest BCUT2D eigenvalue weighted by Gasteiger charge is 2.38. The van der Waals surface area contributed by atoms with Crippen LogP contribution >= 0.6 is 0 Å². The highest BCUT2D eigenvalue weighted by molar-refractivity contribution is 5.85. The highest BCUT2D eigenvalue weighted by Crippen LogP contribution is 2.18. The monoisotopic (exact) mass is 308 g/mol. The van der Waals surface area contributed by atoms with Crippen LogP contribution in [0, 0.1) is 5.41 Å². The molecule has 21 heavy (non-hydrogen) atoms. The number of aliphatic carboxylic acids is 4. The zero-order valence-electron chi connectivity index (χ0n) is 11.6. The van der Waals surface area contributed by atoms with Gasteiger partial charge in [0.05, 0.1) is 5.41 Å². The van der Waals surface area contributed by atoms with Gasteiger partial charge in [0.25, 0.3) is 0 Å². The average Bonchev–Trinajstić information content (AvgIpc) is 2.34. The molecule has 0 unspecified atom stereocenters. The third kappa shape index (κ3) is 8.55. The second kappa shape index (κ2) is 8.87. The number of carboxylic acid groups (broad SMARTS) is 4. The predicted molar refractivity (Wildman–Crippen MR) is 69.5 cm³/mol. The minimum absolute atomic E-state index is 0.0231. The van der Waals surface area contributed by atoms with Gasteiger partial charge in [-0.25, -0.2) is 0 Å². The normalized spacial score (nSPS) is 13.3. The highest BCUT2D eigenvalue weighted by atomic mass is 16.4. The molecule has 122 valence electrons. The van der Waals surface area contributed by atoms with E-state index in [1.807, 2.05) is 0 Å². The summed E-state index contributed by atoms with van der Waals surface area (Å²) in [4.78, 5) is 40.6. The van der Waals surface area contributed by atoms with Crippen LogP contribution in [0.25, 0.3) is 0 Å². The summed E-state index contributed by atoms with van der Waals surface area (Å²) in [6.07, 6.45) is -0.224. The van der Waals surface area contributed by atoms with E-state index in [9.17, 15) is 19.2 Å². The lowest BCUT2D eigenvalue weighted by atomic mass is 9.85. The molecule has 0 saturated heterocycles. The lowest BCUT2D eigenvalue weighted by Crippen LogP contribution is -2.48. The molecule has 0 fully saturated rings. The molecule has 0 saturated carbocycles. The smallest absolute Gasteiger partial charge is 0.321 e. The van der Waals surface area contributed by atoms with E-state index in [0.717, 1.165) is 0 Å². The third-order valence-electron chi connectivity index (χ3n) is 2.58. The summed E-state index contributed by atoms with van der Waals surface area (Å²) in [7, 11) is 0. The van der Waals surface area contributed by atoms with Crippen molar-refractivity contribution >= 4 is 23.9 Å². The number of hydrogen-bond donors (Lipinski definition) is 6. The second-order valence-corrected chi connectivity index (χ2v) is 4.72. The summed E-state index contributed by atoms with van der Waals surface area (Å²) < 4.78 is 0. The molecule has 0 aromatic carbocycles. The van der Waals surface area contributed by atoms with E-state index >= 15 is 0 Å². The molecule has 0 radical (unpaired) electrons. The topological polar surface area (TPSA) is 201 Å². The van der Waals surface area contributed by atoms with Crippen LogP contribution in [0.4, 0.5) is 0 Å². The first-order chi connectivity index (χ1) is 9.33. The lowest BCUT2D eigenvalue weighted by molar-refractivity contribution is -0.155. The standard InChI is InChI=1S/C6H11NO4.C5H9NO4/c1-6(2,5(10)11)3(7)4(8)9;6-3(5(9)10)1-2-4(7)8/h3H,7H2,1-2H3,(H,8,9)(H,10,11);3H,1-2,6H2,(H,7,8)(H,9,10)/t2*3-/m10/s1. The van der Waals surface area contributed by atoms with Gasteiger partial charge in [0.15, 0.2) is 0 Å². The predicted octanol–water partition coefficient (Wildman–Crippen LogP) is -1.23. The van der Waals surface area contributed by atoms with Crippen molar-refractivity contribution in [3.63, 3.8) is 0 Å². The fourth-order valence-corrected chi connectivity index (χ4v) is 0.844. The Morgan fingerprint density at radius 2 is 1.38 bits per heavy atom. The fraction of sp³-hybridized carbons (Fsp3) is 0.636. The van der Waals surface area contributed by atoms with E-state index in [2.05, 4.69) is 0 Å². The molecule has 0 aliphatic carbocycles. The maximum atomic E-state index is 10.4. The number of carbonyl (C=O) groups is 4. The molecule has 0 aromatic rings. The maximum Gasteiger partial charge on any atom is 0.321 e. The maximum absolute atomic E-state index is 10.4. The molecule has 0 amide bonds. The Labute approximate surface area is 120 Å². The molecule has 0 aliphatic rings. The van der Waals surface area contributed by atoms with Gasteiger partial charge in [0.1, 0.15) is 12.1 Å². The molecule has 0 spiro atoms. The molecule has 10 heteroatoms. The molecule has 0 aromatic heterocycles. The number of nitrogens with two attached hydrogens (primary N) is 2. The molecular formula is C11H20N2O8. The van der Waals surface area contributed by atoms with Gasteiger partial charge in [-0.3, -0.25) is 19.2 Å². The Morgan fingerprint density at radius 3 is 1.57 bits per heavy atom. The molecule has 0 heterocycles. The van der Waals surface area contributed by atoms with Crippen LogP contribution in [0.3, 0.4) is 0 Å². The number of carboxylic acids is 4. The summed E-state index contributed by atoms with van der Waals surface area (Å²) in [5, 5.41) is 33.2. The van der Waals surface area contributed by atoms with Gasteiger partial charge in [0.2, 0.25) is 0 Å². The van der Waals surface area contributed by atoms with Gasteiger partial charge in [-0.05, 0) is 20.3 Å². The first kappa shape index (κ1) is 21.1. The van der Waals surface area contributed by atoms with Crippen molar-refractivity contribution in [2.45, 2.75) is 38.8 Å². The van der Waals surface area contributed by atoms with Crippen LogP contribution in [-0.4, -0.2) is 56.4 Å². The van der Waals surface area contributed by atoms with Gasteiger partial charge in [-0.2, -0.15) is 0 Å². The minimum Gasteiger partial charge on any atom is -0.481 e. The largest absolute Gasteiger partial charge is 0.481 e. The molecule has 2 atom stereocenters. The van der Waals surface area contributed by atoms with Crippen molar-refractivity contribution in [1.29, 1.82) is 0 Å². The Bertz CT molecular complexity index is 407. The zero-order valence-corrected chi connectivity index (χ0v) is 11.6. The molecule has 0 bridgehead atoms. The van der Waals surface area contributed by atoms with Crippen molar-refractivity contribution in [1.82, 2.24) is 0 Å². The third-order valence-corrected chi connectivity index (χ3v) is 2.58. The Kier molecular flexibility index (Phi) is 8.91. The molecule has 10 nitrogen and oxygen atoms in total. The van der Waals surface area contributed by atoms with Crippen molar-refractivity contribution < 1.29 is 39.6 Å². The lowest BCUT2D eigenvalue weighted by Gasteiger charge is -2.22. The van der Waals surface area contributed by atoms with Crippen LogP contribution < -0.4 is 11.5 Å². The zero-order chi connectivity index (χ0) is 17.4. The Hall–Kier alpha value is -2.20.